The fourth-order valence-electron chi connectivity index (χ4n) is 2.44. The van der Waals surface area contributed by atoms with Crippen molar-refractivity contribution in [2.75, 3.05) is 30.3 Å². The third kappa shape index (κ3) is 2.77. The number of anilines is 3. The van der Waals surface area contributed by atoms with Crippen LogP contribution in [0.15, 0.2) is 42.6 Å². The van der Waals surface area contributed by atoms with Crippen LogP contribution in [-0.2, 0) is 16.6 Å². The lowest BCUT2D eigenvalue weighted by Crippen LogP contribution is -2.29. The normalized spacial score (nSPS) is 14.2. The van der Waals surface area contributed by atoms with Gasteiger partial charge in [-0.1, -0.05) is 18.2 Å². The molecule has 3 rings (SSSR count). The molecule has 6 nitrogen and oxygen atoms in total. The van der Waals surface area contributed by atoms with Gasteiger partial charge < -0.3 is 4.90 Å². The van der Waals surface area contributed by atoms with Gasteiger partial charge in [0.2, 0.25) is 0 Å². The lowest BCUT2D eigenvalue weighted by molar-refractivity contribution is 0.526. The molecule has 0 amide bonds. The summed E-state index contributed by atoms with van der Waals surface area (Å²) in [7, 11) is -0.584. The molecule has 0 aliphatic carbocycles. The topological polar surface area (TPSA) is 65.5 Å². The van der Waals surface area contributed by atoms with E-state index >= 15 is 0 Å². The quantitative estimate of drug-likeness (QED) is 0.936. The molecule has 1 aliphatic rings. The van der Waals surface area contributed by atoms with Crippen molar-refractivity contribution in [3.63, 3.8) is 0 Å². The number of fused-ring (bicyclic) bond motifs is 1. The molecule has 7 heteroatoms. The zero-order chi connectivity index (χ0) is 15.7. The van der Waals surface area contributed by atoms with Gasteiger partial charge in [0.25, 0.3) is 0 Å². The number of nitrogens with one attached hydrogen (secondary N) is 1. The van der Waals surface area contributed by atoms with Gasteiger partial charge in [0.05, 0.1) is 11.9 Å². The van der Waals surface area contributed by atoms with E-state index in [9.17, 15) is 8.42 Å². The van der Waals surface area contributed by atoms with Gasteiger partial charge in [-0.25, -0.2) is 4.98 Å². The van der Waals surface area contributed by atoms with E-state index in [0.717, 1.165) is 23.0 Å². The van der Waals surface area contributed by atoms with Crippen LogP contribution in [0.1, 0.15) is 5.56 Å². The smallest absolute Gasteiger partial charge is 0.302 e. The Morgan fingerprint density at radius 1 is 1.18 bits per heavy atom. The van der Waals surface area contributed by atoms with Crippen LogP contribution in [0.5, 0.6) is 0 Å². The molecule has 0 bridgehead atoms. The number of hydrogen-bond donors (Lipinski definition) is 1. The summed E-state index contributed by atoms with van der Waals surface area (Å²) in [5.41, 5.74) is 3.46. The van der Waals surface area contributed by atoms with Gasteiger partial charge in [0, 0.05) is 26.3 Å². The molecule has 0 spiro atoms. The average molecular weight is 318 g/mol. The summed E-state index contributed by atoms with van der Waals surface area (Å²) in [6.07, 6.45) is 2.70. The van der Waals surface area contributed by atoms with E-state index in [1.807, 2.05) is 18.2 Å². The SMILES string of the molecule is CN(C)S(=O)(=O)Nc1ccc(N2CCc3ccccc32)cn1. The summed E-state index contributed by atoms with van der Waals surface area (Å²) in [5.74, 6) is 0.310. The number of hydrogen-bond acceptors (Lipinski definition) is 4. The predicted octanol–water partition coefficient (Wildman–Crippen LogP) is 1.99. The van der Waals surface area contributed by atoms with E-state index in [2.05, 4.69) is 26.7 Å². The molecule has 2 heterocycles. The van der Waals surface area contributed by atoms with Crippen LogP contribution in [-0.4, -0.2) is 38.3 Å². The van der Waals surface area contributed by atoms with Crippen molar-refractivity contribution < 1.29 is 8.42 Å². The highest BCUT2D eigenvalue weighted by Gasteiger charge is 2.20. The first-order chi connectivity index (χ1) is 10.5. The number of pyridine rings is 1. The van der Waals surface area contributed by atoms with Crippen molar-refractivity contribution in [1.82, 2.24) is 9.29 Å². The van der Waals surface area contributed by atoms with Crippen LogP contribution in [0.2, 0.25) is 0 Å². The van der Waals surface area contributed by atoms with Gasteiger partial charge in [-0.05, 0) is 30.2 Å². The molecule has 2 aromatic rings. The molecule has 0 saturated carbocycles. The van der Waals surface area contributed by atoms with Gasteiger partial charge in [0.15, 0.2) is 0 Å². The van der Waals surface area contributed by atoms with E-state index in [0.29, 0.717) is 5.82 Å². The van der Waals surface area contributed by atoms with Crippen molar-refractivity contribution in [3.8, 4) is 0 Å². The Morgan fingerprint density at radius 2 is 1.95 bits per heavy atom. The maximum Gasteiger partial charge on any atom is 0.302 e. The Morgan fingerprint density at radius 3 is 2.64 bits per heavy atom. The Hall–Kier alpha value is -2.12. The fourth-order valence-corrected chi connectivity index (χ4v) is 3.00. The molecule has 0 saturated heterocycles. The monoisotopic (exact) mass is 318 g/mol. The molecule has 116 valence electrons. The number of nitrogens with zero attached hydrogens (tertiary/aromatic N) is 3. The second kappa shape index (κ2) is 5.58. The third-order valence-electron chi connectivity index (χ3n) is 3.66. The summed E-state index contributed by atoms with van der Waals surface area (Å²) in [4.78, 5) is 6.39. The molecule has 1 aromatic heterocycles. The van der Waals surface area contributed by atoms with E-state index in [-0.39, 0.29) is 0 Å². The number of benzene rings is 1. The highest BCUT2D eigenvalue weighted by molar-refractivity contribution is 7.90. The summed E-state index contributed by atoms with van der Waals surface area (Å²) < 4.78 is 27.1. The lowest BCUT2D eigenvalue weighted by atomic mass is 10.2. The lowest BCUT2D eigenvalue weighted by Gasteiger charge is -2.19. The van der Waals surface area contributed by atoms with Gasteiger partial charge in [-0.15, -0.1) is 0 Å². The molecule has 0 atom stereocenters. The van der Waals surface area contributed by atoms with Crippen LogP contribution in [0.4, 0.5) is 17.2 Å². The van der Waals surface area contributed by atoms with E-state index in [1.165, 1.54) is 25.3 Å². The number of para-hydroxylation sites is 1. The molecule has 0 fully saturated rings. The van der Waals surface area contributed by atoms with Crippen molar-refractivity contribution in [3.05, 3.63) is 48.2 Å². The molecule has 1 N–H and O–H groups in total. The highest BCUT2D eigenvalue weighted by atomic mass is 32.2. The van der Waals surface area contributed by atoms with Crippen LogP contribution in [0.25, 0.3) is 0 Å². The van der Waals surface area contributed by atoms with Gasteiger partial charge in [0.1, 0.15) is 5.82 Å². The predicted molar refractivity (Wildman–Crippen MR) is 87.6 cm³/mol. The minimum atomic E-state index is -3.52. The zero-order valence-electron chi connectivity index (χ0n) is 12.5. The van der Waals surface area contributed by atoms with Crippen LogP contribution in [0, 0.1) is 0 Å². The Labute approximate surface area is 130 Å². The fraction of sp³-hybridized carbons (Fsp3) is 0.267. The zero-order valence-corrected chi connectivity index (χ0v) is 13.3. The molecular weight excluding hydrogens is 300 g/mol. The van der Waals surface area contributed by atoms with Gasteiger partial charge in [-0.2, -0.15) is 12.7 Å². The third-order valence-corrected chi connectivity index (χ3v) is 5.09. The van der Waals surface area contributed by atoms with Gasteiger partial charge in [-0.3, -0.25) is 4.72 Å². The van der Waals surface area contributed by atoms with E-state index in [1.54, 1.807) is 12.3 Å². The second-order valence-electron chi connectivity index (χ2n) is 5.32. The summed E-state index contributed by atoms with van der Waals surface area (Å²) in [6.45, 7) is 0.907. The van der Waals surface area contributed by atoms with E-state index in [4.69, 9.17) is 0 Å². The molecular formula is C15H18N4O2S. The summed E-state index contributed by atoms with van der Waals surface area (Å²) in [6, 6.07) is 11.8. The van der Waals surface area contributed by atoms with Crippen LogP contribution in [0.3, 0.4) is 0 Å². The molecule has 1 aliphatic heterocycles. The first kappa shape index (κ1) is 14.8. The van der Waals surface area contributed by atoms with Crippen molar-refractivity contribution in [2.45, 2.75) is 6.42 Å². The minimum Gasteiger partial charge on any atom is -0.340 e. The van der Waals surface area contributed by atoms with E-state index < -0.39 is 10.2 Å². The number of aromatic nitrogens is 1. The molecule has 0 radical (unpaired) electrons. The first-order valence-corrected chi connectivity index (χ1v) is 8.43. The summed E-state index contributed by atoms with van der Waals surface area (Å²) in [5, 5.41) is 0. The van der Waals surface area contributed by atoms with Crippen molar-refractivity contribution in [2.24, 2.45) is 0 Å². The largest absolute Gasteiger partial charge is 0.340 e. The Kier molecular flexibility index (Phi) is 3.76. The second-order valence-corrected chi connectivity index (χ2v) is 7.21. The minimum absolute atomic E-state index is 0.310. The molecule has 1 aromatic carbocycles. The Bertz CT molecular complexity index is 772. The average Bonchev–Trinajstić information content (AvgIpc) is 2.91. The van der Waals surface area contributed by atoms with Crippen molar-refractivity contribution >= 4 is 27.4 Å². The van der Waals surface area contributed by atoms with Gasteiger partial charge >= 0.3 is 10.2 Å². The first-order valence-electron chi connectivity index (χ1n) is 6.99. The summed E-state index contributed by atoms with van der Waals surface area (Å²) >= 11 is 0. The standard InChI is InChI=1S/C15H18N4O2S/c1-18(2)22(20,21)17-15-8-7-13(11-16-15)19-10-9-12-5-3-4-6-14(12)19/h3-8,11H,9-10H2,1-2H3,(H,16,17). The molecule has 22 heavy (non-hydrogen) atoms. The van der Waals surface area contributed by atoms with Crippen LogP contribution >= 0.6 is 0 Å². The maximum absolute atomic E-state index is 11.8. The highest BCUT2D eigenvalue weighted by Crippen LogP contribution is 2.34. The van der Waals surface area contributed by atoms with Crippen molar-refractivity contribution in [1.29, 1.82) is 0 Å². The van der Waals surface area contributed by atoms with Crippen LogP contribution < -0.4 is 9.62 Å². The Balaban J connectivity index is 1.81. The molecule has 0 unspecified atom stereocenters. The maximum atomic E-state index is 11.8. The number of rotatable bonds is 4.